The summed E-state index contributed by atoms with van der Waals surface area (Å²) in [5, 5.41) is 3.51. The van der Waals surface area contributed by atoms with Gasteiger partial charge in [-0.1, -0.05) is 50.5 Å². The minimum atomic E-state index is 0.476. The molecule has 0 spiro atoms. The normalized spacial score (nSPS) is 18.1. The molecule has 2 heteroatoms. The van der Waals surface area contributed by atoms with Gasteiger partial charge in [-0.05, 0) is 50.9 Å². The van der Waals surface area contributed by atoms with Gasteiger partial charge in [0.1, 0.15) is 0 Å². The van der Waals surface area contributed by atoms with E-state index in [2.05, 4.69) is 55.4 Å². The maximum Gasteiger partial charge on any atom is 0.0332 e. The Morgan fingerprint density at radius 1 is 1.19 bits per heavy atom. The molecule has 0 saturated heterocycles. The second kappa shape index (κ2) is 8.55. The summed E-state index contributed by atoms with van der Waals surface area (Å²) in [6.45, 7) is 6.94. The molecule has 21 heavy (non-hydrogen) atoms. The second-order valence-electron chi connectivity index (χ2n) is 6.41. The summed E-state index contributed by atoms with van der Waals surface area (Å²) >= 11 is 0. The van der Waals surface area contributed by atoms with Crippen LogP contribution in [0.1, 0.15) is 62.6 Å². The molecule has 1 aliphatic carbocycles. The highest BCUT2D eigenvalue weighted by Crippen LogP contribution is 2.25. The van der Waals surface area contributed by atoms with Gasteiger partial charge >= 0.3 is 0 Å². The molecule has 1 fully saturated rings. The van der Waals surface area contributed by atoms with Crippen LogP contribution in [0.25, 0.3) is 0 Å². The van der Waals surface area contributed by atoms with E-state index < -0.39 is 0 Å². The van der Waals surface area contributed by atoms with Crippen molar-refractivity contribution in [2.45, 2.75) is 64.5 Å². The van der Waals surface area contributed by atoms with Crippen molar-refractivity contribution in [1.82, 2.24) is 10.2 Å². The Labute approximate surface area is 130 Å². The summed E-state index contributed by atoms with van der Waals surface area (Å²) in [6, 6.07) is 10.1. The van der Waals surface area contributed by atoms with Gasteiger partial charge in [-0.3, -0.25) is 0 Å². The molecule has 1 N–H and O–H groups in total. The smallest absolute Gasteiger partial charge is 0.0332 e. The molecule has 1 saturated carbocycles. The lowest BCUT2D eigenvalue weighted by Gasteiger charge is -2.34. The van der Waals surface area contributed by atoms with E-state index in [-0.39, 0.29) is 0 Å². The summed E-state index contributed by atoms with van der Waals surface area (Å²) in [5.74, 6) is 0. The van der Waals surface area contributed by atoms with Gasteiger partial charge in [0.25, 0.3) is 0 Å². The van der Waals surface area contributed by atoms with Crippen LogP contribution in [0.4, 0.5) is 0 Å². The van der Waals surface area contributed by atoms with Crippen LogP contribution in [-0.2, 0) is 0 Å². The number of nitrogens with zero attached hydrogens (tertiary/aromatic N) is 1. The Kier molecular flexibility index (Phi) is 6.72. The number of benzene rings is 1. The number of nitrogens with one attached hydrogen (secondary N) is 1. The fourth-order valence-corrected chi connectivity index (χ4v) is 3.77. The van der Waals surface area contributed by atoms with Gasteiger partial charge in [-0.25, -0.2) is 0 Å². The first-order chi connectivity index (χ1) is 10.3. The van der Waals surface area contributed by atoms with Crippen molar-refractivity contribution >= 4 is 0 Å². The molecule has 0 aliphatic heterocycles. The van der Waals surface area contributed by atoms with Gasteiger partial charge in [-0.15, -0.1) is 0 Å². The Morgan fingerprint density at radius 3 is 2.52 bits per heavy atom. The van der Waals surface area contributed by atoms with Gasteiger partial charge in [0.05, 0.1) is 0 Å². The van der Waals surface area contributed by atoms with Crippen LogP contribution in [0.5, 0.6) is 0 Å². The van der Waals surface area contributed by atoms with Crippen molar-refractivity contribution in [3.63, 3.8) is 0 Å². The Bertz CT molecular complexity index is 410. The molecule has 118 valence electrons. The highest BCUT2D eigenvalue weighted by molar-refractivity contribution is 5.28. The zero-order chi connectivity index (χ0) is 15.1. The zero-order valence-electron chi connectivity index (χ0n) is 14.1. The third-order valence-corrected chi connectivity index (χ3v) is 5.11. The van der Waals surface area contributed by atoms with Crippen LogP contribution in [0, 0.1) is 6.92 Å². The minimum absolute atomic E-state index is 0.476. The molecule has 0 aromatic heterocycles. The summed E-state index contributed by atoms with van der Waals surface area (Å²) in [6.07, 6.45) is 8.30. The molecule has 0 heterocycles. The SMILES string of the molecule is CCN(CCC(NC)c1ccccc1C)C1CCCCC1. The lowest BCUT2D eigenvalue weighted by molar-refractivity contribution is 0.157. The highest BCUT2D eigenvalue weighted by atomic mass is 15.1. The van der Waals surface area contributed by atoms with Gasteiger partial charge in [0, 0.05) is 18.6 Å². The number of hydrogen-bond donors (Lipinski definition) is 1. The third kappa shape index (κ3) is 4.55. The molecule has 2 nitrogen and oxygen atoms in total. The van der Waals surface area contributed by atoms with E-state index in [0.29, 0.717) is 6.04 Å². The first-order valence-corrected chi connectivity index (χ1v) is 8.73. The average Bonchev–Trinajstić information content (AvgIpc) is 2.54. The van der Waals surface area contributed by atoms with Crippen molar-refractivity contribution in [2.75, 3.05) is 20.1 Å². The van der Waals surface area contributed by atoms with Crippen molar-refractivity contribution in [2.24, 2.45) is 0 Å². The van der Waals surface area contributed by atoms with Crippen LogP contribution in [0.15, 0.2) is 24.3 Å². The van der Waals surface area contributed by atoms with E-state index in [1.54, 1.807) is 0 Å². The van der Waals surface area contributed by atoms with E-state index in [4.69, 9.17) is 0 Å². The zero-order valence-corrected chi connectivity index (χ0v) is 14.1. The Morgan fingerprint density at radius 2 is 1.90 bits per heavy atom. The molecule has 1 aromatic carbocycles. The topological polar surface area (TPSA) is 15.3 Å². The fourth-order valence-electron chi connectivity index (χ4n) is 3.77. The van der Waals surface area contributed by atoms with Gasteiger partial charge in [0.15, 0.2) is 0 Å². The molecule has 0 amide bonds. The molecule has 1 atom stereocenters. The number of rotatable bonds is 7. The van der Waals surface area contributed by atoms with Crippen LogP contribution in [0.2, 0.25) is 0 Å². The molecule has 1 unspecified atom stereocenters. The van der Waals surface area contributed by atoms with Crippen molar-refractivity contribution < 1.29 is 0 Å². The van der Waals surface area contributed by atoms with E-state index in [1.165, 1.54) is 62.7 Å². The van der Waals surface area contributed by atoms with E-state index >= 15 is 0 Å². The predicted molar refractivity (Wildman–Crippen MR) is 91.7 cm³/mol. The molecule has 0 radical (unpaired) electrons. The summed E-state index contributed by atoms with van der Waals surface area (Å²) in [5.41, 5.74) is 2.86. The number of hydrogen-bond acceptors (Lipinski definition) is 2. The maximum atomic E-state index is 3.51. The van der Waals surface area contributed by atoms with Crippen LogP contribution < -0.4 is 5.32 Å². The van der Waals surface area contributed by atoms with Crippen LogP contribution in [-0.4, -0.2) is 31.1 Å². The Balaban J connectivity index is 1.93. The van der Waals surface area contributed by atoms with Gasteiger partial charge < -0.3 is 10.2 Å². The minimum Gasteiger partial charge on any atom is -0.313 e. The van der Waals surface area contributed by atoms with Crippen molar-refractivity contribution in [3.8, 4) is 0 Å². The molecule has 1 aromatic rings. The monoisotopic (exact) mass is 288 g/mol. The molecular weight excluding hydrogens is 256 g/mol. The molecule has 1 aliphatic rings. The van der Waals surface area contributed by atoms with Gasteiger partial charge in [0.2, 0.25) is 0 Å². The summed E-state index contributed by atoms with van der Waals surface area (Å²) in [7, 11) is 2.09. The van der Waals surface area contributed by atoms with E-state index in [9.17, 15) is 0 Å². The van der Waals surface area contributed by atoms with Crippen LogP contribution >= 0.6 is 0 Å². The highest BCUT2D eigenvalue weighted by Gasteiger charge is 2.21. The quantitative estimate of drug-likeness (QED) is 0.804. The number of aryl methyl sites for hydroxylation is 1. The summed E-state index contributed by atoms with van der Waals surface area (Å²) in [4.78, 5) is 2.71. The first kappa shape index (κ1) is 16.5. The standard InChI is InChI=1S/C19H32N2/c1-4-21(17-11-6-5-7-12-17)15-14-19(20-3)18-13-9-8-10-16(18)2/h8-10,13,17,19-20H,4-7,11-12,14-15H2,1-3H3. The lowest BCUT2D eigenvalue weighted by Crippen LogP contribution is -2.38. The largest absolute Gasteiger partial charge is 0.313 e. The fraction of sp³-hybridized carbons (Fsp3) is 0.684. The first-order valence-electron chi connectivity index (χ1n) is 8.73. The lowest BCUT2D eigenvalue weighted by atomic mass is 9.93. The molecule has 0 bridgehead atoms. The van der Waals surface area contributed by atoms with Crippen molar-refractivity contribution in [1.29, 1.82) is 0 Å². The third-order valence-electron chi connectivity index (χ3n) is 5.11. The predicted octanol–water partition coefficient (Wildman–Crippen LogP) is 4.30. The Hall–Kier alpha value is -0.860. The van der Waals surface area contributed by atoms with E-state index in [0.717, 1.165) is 6.04 Å². The molecule has 2 rings (SSSR count). The van der Waals surface area contributed by atoms with E-state index in [1.807, 2.05) is 0 Å². The van der Waals surface area contributed by atoms with Gasteiger partial charge in [-0.2, -0.15) is 0 Å². The van der Waals surface area contributed by atoms with Crippen molar-refractivity contribution in [3.05, 3.63) is 35.4 Å². The summed E-state index contributed by atoms with van der Waals surface area (Å²) < 4.78 is 0. The second-order valence-corrected chi connectivity index (χ2v) is 6.41. The average molecular weight is 288 g/mol. The van der Waals surface area contributed by atoms with Crippen LogP contribution in [0.3, 0.4) is 0 Å². The maximum absolute atomic E-state index is 3.51. The molecular formula is C19H32N2.